The van der Waals surface area contributed by atoms with Crippen LogP contribution in [0.15, 0.2) is 47.0 Å². The van der Waals surface area contributed by atoms with Crippen molar-refractivity contribution < 1.29 is 23.5 Å². The summed E-state index contributed by atoms with van der Waals surface area (Å²) < 4.78 is 27.9. The normalized spacial score (nSPS) is 18.4. The van der Waals surface area contributed by atoms with Crippen molar-refractivity contribution in [2.45, 2.75) is 38.3 Å². The number of hydrogen-bond acceptors (Lipinski definition) is 7. The third kappa shape index (κ3) is 4.00. The van der Waals surface area contributed by atoms with Crippen LogP contribution in [0.3, 0.4) is 0 Å². The number of aromatic nitrogens is 1. The molecule has 2 aliphatic rings. The second kappa shape index (κ2) is 9.12. The van der Waals surface area contributed by atoms with E-state index in [1.165, 1.54) is 12.8 Å². The highest BCUT2D eigenvalue weighted by molar-refractivity contribution is 5.63. The van der Waals surface area contributed by atoms with Crippen LogP contribution >= 0.6 is 0 Å². The highest BCUT2D eigenvalue weighted by Crippen LogP contribution is 2.39. The fraction of sp³-hybridized carbons (Fsp3) is 0.400. The quantitative estimate of drug-likeness (QED) is 0.526. The average molecular weight is 437 g/mol. The molecule has 2 aliphatic heterocycles. The highest BCUT2D eigenvalue weighted by atomic mass is 16.7. The summed E-state index contributed by atoms with van der Waals surface area (Å²) in [5.74, 6) is 3.78. The second-order valence-electron chi connectivity index (χ2n) is 8.17. The van der Waals surface area contributed by atoms with Gasteiger partial charge in [-0.05, 0) is 43.7 Å². The predicted octanol–water partition coefficient (Wildman–Crippen LogP) is 5.20. The molecule has 168 valence electrons. The molecule has 1 saturated heterocycles. The van der Waals surface area contributed by atoms with E-state index in [0.29, 0.717) is 0 Å². The number of hydrogen-bond donors (Lipinski definition) is 0. The van der Waals surface area contributed by atoms with Gasteiger partial charge in [0.25, 0.3) is 0 Å². The maximum atomic E-state index is 5.77. The minimum atomic E-state index is 0.180. The molecule has 0 unspecified atom stereocenters. The Morgan fingerprint density at radius 1 is 1.00 bits per heavy atom. The molecule has 7 nitrogen and oxygen atoms in total. The van der Waals surface area contributed by atoms with Crippen molar-refractivity contribution in [3.05, 3.63) is 53.7 Å². The molecule has 0 saturated carbocycles. The Morgan fingerprint density at radius 3 is 2.78 bits per heavy atom. The molecular weight excluding hydrogens is 408 g/mol. The predicted molar refractivity (Wildman–Crippen MR) is 119 cm³/mol. The summed E-state index contributed by atoms with van der Waals surface area (Å²) in [4.78, 5) is 2.48. The molecular formula is C25H28N2O5. The van der Waals surface area contributed by atoms with Crippen molar-refractivity contribution in [1.29, 1.82) is 0 Å². The van der Waals surface area contributed by atoms with Crippen LogP contribution in [0, 0.1) is 0 Å². The van der Waals surface area contributed by atoms with Crippen molar-refractivity contribution in [3.63, 3.8) is 0 Å². The third-order valence-electron chi connectivity index (χ3n) is 6.25. The number of nitrogens with zero attached hydrogens (tertiary/aromatic N) is 2. The summed E-state index contributed by atoms with van der Waals surface area (Å²) >= 11 is 0. The first kappa shape index (κ1) is 20.7. The van der Waals surface area contributed by atoms with E-state index in [4.69, 9.17) is 23.5 Å². The maximum absolute atomic E-state index is 5.77. The summed E-state index contributed by atoms with van der Waals surface area (Å²) in [6.45, 7) is 2.01. The fourth-order valence-electron chi connectivity index (χ4n) is 4.62. The molecule has 3 aromatic rings. The highest BCUT2D eigenvalue weighted by Gasteiger charge is 2.27. The van der Waals surface area contributed by atoms with Gasteiger partial charge < -0.3 is 23.5 Å². The Bertz CT molecular complexity index is 1080. The second-order valence-corrected chi connectivity index (χ2v) is 8.17. The van der Waals surface area contributed by atoms with Crippen LogP contribution in [0.5, 0.6) is 23.0 Å². The Labute approximate surface area is 187 Å². The van der Waals surface area contributed by atoms with Crippen LogP contribution in [0.4, 0.5) is 0 Å². The molecule has 2 aromatic carbocycles. The lowest BCUT2D eigenvalue weighted by molar-refractivity contribution is 0.174. The SMILES string of the molecule is COc1cccc(CN2CCCCC[C@H]2c2cc(-c3ccc4c(c3)OCO4)on2)c1OC. The van der Waals surface area contributed by atoms with Crippen molar-refractivity contribution in [1.82, 2.24) is 10.1 Å². The number of benzene rings is 2. The first-order valence-electron chi connectivity index (χ1n) is 11.1. The van der Waals surface area contributed by atoms with E-state index in [-0.39, 0.29) is 12.8 Å². The standard InChI is InChI=1S/C25H28N2O5/c1-28-22-9-6-7-18(25(22)29-2)15-27-12-5-3-4-8-20(27)19-14-23(32-26-19)17-10-11-21-24(13-17)31-16-30-21/h6-7,9-11,13-14,20H,3-5,8,12,15-16H2,1-2H3/t20-/m0/s1. The Balaban J connectivity index is 1.42. The lowest BCUT2D eigenvalue weighted by Gasteiger charge is -2.29. The lowest BCUT2D eigenvalue weighted by Crippen LogP contribution is -2.28. The molecule has 0 radical (unpaired) electrons. The first-order valence-corrected chi connectivity index (χ1v) is 11.1. The van der Waals surface area contributed by atoms with E-state index in [0.717, 1.165) is 71.5 Å². The van der Waals surface area contributed by atoms with Gasteiger partial charge in [-0.3, -0.25) is 4.90 Å². The van der Waals surface area contributed by atoms with Crippen molar-refractivity contribution in [2.24, 2.45) is 0 Å². The summed E-state index contributed by atoms with van der Waals surface area (Å²) in [7, 11) is 3.36. The molecule has 1 fully saturated rings. The van der Waals surface area contributed by atoms with Crippen LogP contribution in [-0.2, 0) is 6.54 Å². The minimum Gasteiger partial charge on any atom is -0.493 e. The van der Waals surface area contributed by atoms with Gasteiger partial charge in [0.05, 0.1) is 20.3 Å². The maximum Gasteiger partial charge on any atom is 0.231 e. The van der Waals surface area contributed by atoms with Gasteiger partial charge in [-0.1, -0.05) is 30.1 Å². The topological polar surface area (TPSA) is 66.2 Å². The molecule has 3 heterocycles. The number of methoxy groups -OCH3 is 2. The number of fused-ring (bicyclic) bond motifs is 1. The van der Waals surface area contributed by atoms with Crippen molar-refractivity contribution >= 4 is 0 Å². The van der Waals surface area contributed by atoms with Gasteiger partial charge >= 0.3 is 0 Å². The van der Waals surface area contributed by atoms with E-state index < -0.39 is 0 Å². The van der Waals surface area contributed by atoms with E-state index in [1.54, 1.807) is 14.2 Å². The largest absolute Gasteiger partial charge is 0.493 e. The van der Waals surface area contributed by atoms with Crippen molar-refractivity contribution in [3.8, 4) is 34.3 Å². The molecule has 0 amide bonds. The van der Waals surface area contributed by atoms with Gasteiger partial charge in [0.1, 0.15) is 5.69 Å². The van der Waals surface area contributed by atoms with E-state index in [2.05, 4.69) is 22.2 Å². The third-order valence-corrected chi connectivity index (χ3v) is 6.25. The van der Waals surface area contributed by atoms with Gasteiger partial charge in [0, 0.05) is 23.7 Å². The van der Waals surface area contributed by atoms with Gasteiger partial charge in [-0.2, -0.15) is 0 Å². The number of ether oxygens (including phenoxy) is 4. The van der Waals surface area contributed by atoms with Crippen LogP contribution in [0.25, 0.3) is 11.3 Å². The Hall–Kier alpha value is -3.19. The molecule has 7 heteroatoms. The smallest absolute Gasteiger partial charge is 0.231 e. The molecule has 32 heavy (non-hydrogen) atoms. The van der Waals surface area contributed by atoms with Gasteiger partial charge in [0.2, 0.25) is 6.79 Å². The van der Waals surface area contributed by atoms with Crippen LogP contribution in [0.2, 0.25) is 0 Å². The monoisotopic (exact) mass is 436 g/mol. The molecule has 5 rings (SSSR count). The first-order chi connectivity index (χ1) is 15.8. The molecule has 0 bridgehead atoms. The van der Waals surface area contributed by atoms with Gasteiger partial charge in [-0.25, -0.2) is 0 Å². The van der Waals surface area contributed by atoms with Gasteiger partial charge in [0.15, 0.2) is 28.8 Å². The Kier molecular flexibility index (Phi) is 5.90. The number of para-hydroxylation sites is 1. The zero-order valence-corrected chi connectivity index (χ0v) is 18.5. The minimum absolute atomic E-state index is 0.180. The summed E-state index contributed by atoms with van der Waals surface area (Å²) in [5, 5.41) is 4.47. The summed E-state index contributed by atoms with van der Waals surface area (Å²) in [6.07, 6.45) is 4.59. The number of likely N-dealkylation sites (tertiary alicyclic amines) is 1. The van der Waals surface area contributed by atoms with Crippen molar-refractivity contribution in [2.75, 3.05) is 27.6 Å². The molecule has 0 spiro atoms. The summed E-state index contributed by atoms with van der Waals surface area (Å²) in [6, 6.07) is 14.1. The zero-order chi connectivity index (χ0) is 21.9. The molecule has 1 atom stereocenters. The van der Waals surface area contributed by atoms with E-state index in [9.17, 15) is 0 Å². The van der Waals surface area contributed by atoms with E-state index in [1.807, 2.05) is 30.3 Å². The Morgan fingerprint density at radius 2 is 1.91 bits per heavy atom. The van der Waals surface area contributed by atoms with Crippen LogP contribution in [0.1, 0.15) is 43.0 Å². The lowest BCUT2D eigenvalue weighted by atomic mass is 10.0. The van der Waals surface area contributed by atoms with Gasteiger partial charge in [-0.15, -0.1) is 0 Å². The fourth-order valence-corrected chi connectivity index (χ4v) is 4.62. The molecule has 0 N–H and O–H groups in total. The zero-order valence-electron chi connectivity index (χ0n) is 18.5. The molecule has 1 aromatic heterocycles. The number of rotatable bonds is 6. The van der Waals surface area contributed by atoms with Crippen LogP contribution < -0.4 is 18.9 Å². The van der Waals surface area contributed by atoms with E-state index >= 15 is 0 Å². The molecule has 0 aliphatic carbocycles. The van der Waals surface area contributed by atoms with Crippen LogP contribution in [-0.4, -0.2) is 37.6 Å². The average Bonchev–Trinajstić information content (AvgIpc) is 3.44. The summed E-state index contributed by atoms with van der Waals surface area (Å²) in [5.41, 5.74) is 3.00.